The molecule has 0 saturated heterocycles. The zero-order chi connectivity index (χ0) is 18.9. The monoisotopic (exact) mass is 359 g/mol. The number of hydrogen-bond acceptors (Lipinski definition) is 5. The minimum Gasteiger partial charge on any atom is -0.497 e. The zero-order valence-electron chi connectivity index (χ0n) is 14.7. The fourth-order valence-electron chi connectivity index (χ4n) is 2.23. The fraction of sp³-hybridized carbons (Fsp3) is 0.263. The van der Waals surface area contributed by atoms with Crippen LogP contribution in [0.5, 0.6) is 17.2 Å². The summed E-state index contributed by atoms with van der Waals surface area (Å²) in [6.45, 7) is 0.398. The molecule has 26 heavy (non-hydrogen) atoms. The Morgan fingerprint density at radius 2 is 1.69 bits per heavy atom. The van der Waals surface area contributed by atoms with Crippen LogP contribution in [0.1, 0.15) is 23.2 Å². The lowest BCUT2D eigenvalue weighted by Gasteiger charge is -2.11. The maximum Gasteiger partial charge on any atom is 0.335 e. The van der Waals surface area contributed by atoms with Crippen molar-refractivity contribution in [1.82, 2.24) is 0 Å². The number of nitrogens with one attached hydrogen (secondary N) is 1. The minimum atomic E-state index is -1.06. The quantitative estimate of drug-likeness (QED) is 0.668. The van der Waals surface area contributed by atoms with Crippen molar-refractivity contribution in [3.05, 3.63) is 48.0 Å². The molecule has 0 aromatic heterocycles. The first-order chi connectivity index (χ1) is 12.5. The average molecular weight is 359 g/mol. The van der Waals surface area contributed by atoms with Crippen molar-refractivity contribution in [1.29, 1.82) is 0 Å². The molecular weight excluding hydrogens is 338 g/mol. The molecule has 0 aliphatic carbocycles. The van der Waals surface area contributed by atoms with Crippen molar-refractivity contribution >= 4 is 17.6 Å². The molecule has 2 rings (SSSR count). The second-order valence-electron chi connectivity index (χ2n) is 5.40. The third-order valence-electron chi connectivity index (χ3n) is 3.60. The number of rotatable bonds is 9. The Bertz CT molecular complexity index is 757. The van der Waals surface area contributed by atoms with Crippen LogP contribution >= 0.6 is 0 Å². The third-order valence-corrected chi connectivity index (χ3v) is 3.60. The van der Waals surface area contributed by atoms with E-state index in [0.29, 0.717) is 30.2 Å². The number of carbonyl (C=O) groups is 2. The Hall–Kier alpha value is -3.22. The molecule has 7 nitrogen and oxygen atoms in total. The molecule has 2 aromatic carbocycles. The van der Waals surface area contributed by atoms with Gasteiger partial charge in [-0.3, -0.25) is 4.79 Å². The summed E-state index contributed by atoms with van der Waals surface area (Å²) in [6, 6.07) is 11.5. The second-order valence-corrected chi connectivity index (χ2v) is 5.40. The number of methoxy groups -OCH3 is 2. The number of aromatic carboxylic acids is 1. The van der Waals surface area contributed by atoms with E-state index in [4.69, 9.17) is 19.3 Å². The summed E-state index contributed by atoms with van der Waals surface area (Å²) in [6.07, 6.45) is 0.799. The average Bonchev–Trinajstić information content (AvgIpc) is 2.65. The normalized spacial score (nSPS) is 10.1. The molecule has 0 fully saturated rings. The number of hydrogen-bond donors (Lipinski definition) is 2. The van der Waals surface area contributed by atoms with Crippen molar-refractivity contribution in [2.75, 3.05) is 26.1 Å². The van der Waals surface area contributed by atoms with E-state index in [0.717, 1.165) is 5.75 Å². The van der Waals surface area contributed by atoms with E-state index in [9.17, 15) is 9.59 Å². The van der Waals surface area contributed by atoms with Crippen LogP contribution in [-0.2, 0) is 4.79 Å². The van der Waals surface area contributed by atoms with Crippen LogP contribution in [0.3, 0.4) is 0 Å². The van der Waals surface area contributed by atoms with Gasteiger partial charge in [-0.15, -0.1) is 0 Å². The summed E-state index contributed by atoms with van der Waals surface area (Å²) in [5.74, 6) is 0.492. The molecule has 0 bridgehead atoms. The predicted octanol–water partition coefficient (Wildman–Crippen LogP) is 3.20. The van der Waals surface area contributed by atoms with Gasteiger partial charge in [-0.1, -0.05) is 0 Å². The third kappa shape index (κ3) is 5.41. The van der Waals surface area contributed by atoms with Crippen molar-refractivity contribution in [2.24, 2.45) is 0 Å². The van der Waals surface area contributed by atoms with E-state index in [2.05, 4.69) is 5.32 Å². The highest BCUT2D eigenvalue weighted by Crippen LogP contribution is 2.26. The van der Waals surface area contributed by atoms with Crippen molar-refractivity contribution in [3.8, 4) is 17.2 Å². The maximum absolute atomic E-state index is 12.0. The SMILES string of the molecule is COc1ccc(OCCCC(=O)Nc2ccc(C(=O)O)cc2OC)cc1. The lowest BCUT2D eigenvalue weighted by molar-refractivity contribution is -0.116. The molecule has 0 aliphatic rings. The molecule has 0 atom stereocenters. The van der Waals surface area contributed by atoms with E-state index in [1.54, 1.807) is 31.4 Å². The summed E-state index contributed by atoms with van der Waals surface area (Å²) in [5, 5.41) is 11.7. The van der Waals surface area contributed by atoms with E-state index in [-0.39, 0.29) is 17.9 Å². The lowest BCUT2D eigenvalue weighted by Crippen LogP contribution is -2.14. The van der Waals surface area contributed by atoms with Crippen LogP contribution in [-0.4, -0.2) is 37.8 Å². The van der Waals surface area contributed by atoms with Gasteiger partial charge in [-0.25, -0.2) is 4.79 Å². The Morgan fingerprint density at radius 1 is 1.00 bits per heavy atom. The molecule has 0 saturated carbocycles. The van der Waals surface area contributed by atoms with Crippen LogP contribution in [0.25, 0.3) is 0 Å². The van der Waals surface area contributed by atoms with Crippen LogP contribution in [0.4, 0.5) is 5.69 Å². The zero-order valence-corrected chi connectivity index (χ0v) is 14.7. The van der Waals surface area contributed by atoms with Gasteiger partial charge in [0.2, 0.25) is 5.91 Å². The largest absolute Gasteiger partial charge is 0.497 e. The number of amides is 1. The standard InChI is InChI=1S/C19H21NO6/c1-24-14-6-8-15(9-7-14)26-11-3-4-18(21)20-16-10-5-13(19(22)23)12-17(16)25-2/h5-10,12H,3-4,11H2,1-2H3,(H,20,21)(H,22,23). The Balaban J connectivity index is 1.80. The van der Waals surface area contributed by atoms with Gasteiger partial charge in [0.25, 0.3) is 0 Å². The van der Waals surface area contributed by atoms with Gasteiger partial charge >= 0.3 is 5.97 Å². The number of carbonyl (C=O) groups excluding carboxylic acids is 1. The fourth-order valence-corrected chi connectivity index (χ4v) is 2.23. The lowest BCUT2D eigenvalue weighted by atomic mass is 10.2. The van der Waals surface area contributed by atoms with Crippen molar-refractivity contribution in [3.63, 3.8) is 0 Å². The molecule has 138 valence electrons. The Morgan fingerprint density at radius 3 is 2.31 bits per heavy atom. The second kappa shape index (κ2) is 9.31. The topological polar surface area (TPSA) is 94.1 Å². The number of carboxylic acids is 1. The van der Waals surface area contributed by atoms with Crippen LogP contribution in [0, 0.1) is 0 Å². The smallest absolute Gasteiger partial charge is 0.335 e. The predicted molar refractivity (Wildman–Crippen MR) is 96.3 cm³/mol. The first-order valence-electron chi connectivity index (χ1n) is 8.01. The van der Waals surface area contributed by atoms with Crippen LogP contribution in [0.2, 0.25) is 0 Å². The molecule has 7 heteroatoms. The molecule has 2 N–H and O–H groups in total. The first-order valence-corrected chi connectivity index (χ1v) is 8.01. The van der Waals surface area contributed by atoms with Gasteiger partial charge in [-0.2, -0.15) is 0 Å². The number of ether oxygens (including phenoxy) is 3. The van der Waals surface area contributed by atoms with E-state index >= 15 is 0 Å². The summed E-state index contributed by atoms with van der Waals surface area (Å²) in [5.41, 5.74) is 0.520. The first kappa shape index (κ1) is 19.1. The van der Waals surface area contributed by atoms with Gasteiger partial charge in [0, 0.05) is 6.42 Å². The van der Waals surface area contributed by atoms with E-state index < -0.39 is 5.97 Å². The minimum absolute atomic E-state index is 0.0905. The molecule has 0 spiro atoms. The molecule has 0 radical (unpaired) electrons. The van der Waals surface area contributed by atoms with Gasteiger partial charge in [-0.05, 0) is 48.9 Å². The van der Waals surface area contributed by atoms with Crippen LogP contribution < -0.4 is 19.5 Å². The Labute approximate surface area is 151 Å². The van der Waals surface area contributed by atoms with Crippen LogP contribution in [0.15, 0.2) is 42.5 Å². The van der Waals surface area contributed by atoms with Gasteiger partial charge < -0.3 is 24.6 Å². The molecule has 0 aliphatic heterocycles. The highest BCUT2D eigenvalue weighted by Gasteiger charge is 2.11. The molecular formula is C19H21NO6. The number of anilines is 1. The summed E-state index contributed by atoms with van der Waals surface area (Å²) < 4.78 is 15.8. The molecule has 1 amide bonds. The molecule has 0 heterocycles. The number of carboxylic acid groups (broad SMARTS) is 1. The summed E-state index contributed by atoms with van der Waals surface area (Å²) in [7, 11) is 3.01. The van der Waals surface area contributed by atoms with Crippen molar-refractivity contribution < 1.29 is 28.9 Å². The highest BCUT2D eigenvalue weighted by molar-refractivity contribution is 5.94. The summed E-state index contributed by atoms with van der Waals surface area (Å²) >= 11 is 0. The van der Waals surface area contributed by atoms with Crippen molar-refractivity contribution in [2.45, 2.75) is 12.8 Å². The Kier molecular flexibility index (Phi) is 6.84. The van der Waals surface area contributed by atoms with E-state index in [1.165, 1.54) is 25.3 Å². The highest BCUT2D eigenvalue weighted by atomic mass is 16.5. The van der Waals surface area contributed by atoms with Gasteiger partial charge in [0.05, 0.1) is 32.1 Å². The molecule has 0 unspecified atom stereocenters. The van der Waals surface area contributed by atoms with E-state index in [1.807, 2.05) is 0 Å². The number of benzene rings is 2. The van der Waals surface area contributed by atoms with Gasteiger partial charge in [0.15, 0.2) is 0 Å². The molecule has 2 aromatic rings. The maximum atomic E-state index is 12.0. The summed E-state index contributed by atoms with van der Waals surface area (Å²) in [4.78, 5) is 23.0. The van der Waals surface area contributed by atoms with Gasteiger partial charge in [0.1, 0.15) is 17.2 Å².